The van der Waals surface area contributed by atoms with Crippen LogP contribution in [0.3, 0.4) is 0 Å². The number of nitrogens with zero attached hydrogens (tertiary/aromatic N) is 1. The predicted molar refractivity (Wildman–Crippen MR) is 118 cm³/mol. The first-order valence-corrected chi connectivity index (χ1v) is 11.3. The Kier molecular flexibility index (Phi) is 8.40. The molecule has 30 heavy (non-hydrogen) atoms. The number of para-hydroxylation sites is 1. The zero-order chi connectivity index (χ0) is 22.3. The van der Waals surface area contributed by atoms with Crippen LogP contribution in [-0.2, 0) is 14.8 Å². The first kappa shape index (κ1) is 23.9. The molecule has 164 valence electrons. The number of nitrogens with one attached hydrogen (secondary N) is 2. The molecular weight excluding hydrogens is 402 g/mol. The van der Waals surface area contributed by atoms with Gasteiger partial charge in [0.25, 0.3) is 0 Å². The number of ether oxygens (including phenoxy) is 1. The maximum atomic E-state index is 12.5. The zero-order valence-electron chi connectivity index (χ0n) is 18.2. The molecule has 0 aliphatic heterocycles. The van der Waals surface area contributed by atoms with Crippen LogP contribution in [0.5, 0.6) is 5.75 Å². The third kappa shape index (κ3) is 6.29. The molecule has 2 N–H and O–H groups in total. The van der Waals surface area contributed by atoms with Crippen molar-refractivity contribution in [1.82, 2.24) is 14.9 Å². The molecule has 1 unspecified atom stereocenters. The summed E-state index contributed by atoms with van der Waals surface area (Å²) in [5.74, 6) is 0.534. The molecule has 0 saturated carbocycles. The average molecular weight is 434 g/mol. The van der Waals surface area contributed by atoms with Crippen LogP contribution in [0.4, 0.5) is 0 Å². The molecule has 2 rings (SSSR count). The summed E-state index contributed by atoms with van der Waals surface area (Å²) in [4.78, 5) is 14.5. The fraction of sp³-hybridized carbons (Fsp3) is 0.409. The third-order valence-corrected chi connectivity index (χ3v) is 6.49. The number of benzene rings is 2. The van der Waals surface area contributed by atoms with Gasteiger partial charge in [-0.25, -0.2) is 13.1 Å². The van der Waals surface area contributed by atoms with Crippen LogP contribution in [-0.4, -0.2) is 53.5 Å². The smallest absolute Gasteiger partial charge is 0.240 e. The van der Waals surface area contributed by atoms with E-state index >= 15 is 0 Å². The predicted octanol–water partition coefficient (Wildman–Crippen LogP) is 2.40. The number of hydrogen-bond donors (Lipinski definition) is 2. The van der Waals surface area contributed by atoms with E-state index in [1.807, 2.05) is 56.3 Å². The number of amides is 1. The Labute approximate surface area is 179 Å². The lowest BCUT2D eigenvalue weighted by Gasteiger charge is -2.26. The van der Waals surface area contributed by atoms with Gasteiger partial charge in [0.1, 0.15) is 5.75 Å². The van der Waals surface area contributed by atoms with Crippen molar-refractivity contribution in [1.29, 1.82) is 0 Å². The van der Waals surface area contributed by atoms with Crippen LogP contribution in [0.2, 0.25) is 0 Å². The van der Waals surface area contributed by atoms with E-state index in [-0.39, 0.29) is 29.8 Å². The molecule has 1 atom stereocenters. The van der Waals surface area contributed by atoms with Gasteiger partial charge in [-0.3, -0.25) is 4.79 Å². The van der Waals surface area contributed by atoms with Crippen molar-refractivity contribution in [3.8, 4) is 5.75 Å². The molecule has 0 fully saturated rings. The summed E-state index contributed by atoms with van der Waals surface area (Å²) in [6.45, 7) is 4.01. The van der Waals surface area contributed by atoms with Crippen molar-refractivity contribution >= 4 is 15.9 Å². The molecule has 0 radical (unpaired) electrons. The highest BCUT2D eigenvalue weighted by molar-refractivity contribution is 7.89. The normalized spacial score (nSPS) is 12.6. The van der Waals surface area contributed by atoms with E-state index < -0.39 is 10.0 Å². The number of carbonyl (C=O) groups is 1. The van der Waals surface area contributed by atoms with E-state index in [2.05, 4.69) is 10.0 Å². The number of hydrogen-bond acceptors (Lipinski definition) is 5. The standard InChI is InChI=1S/C22H31N3O4S/c1-16-10-11-17(2)21(14-16)30(27,28)24-13-12-22(26)23-15-19(25(3)4)18-8-6-7-9-20(18)29-5/h6-11,14,19,24H,12-13,15H2,1-5H3,(H,23,26). The largest absolute Gasteiger partial charge is 0.496 e. The van der Waals surface area contributed by atoms with Crippen molar-refractivity contribution in [2.75, 3.05) is 34.3 Å². The van der Waals surface area contributed by atoms with E-state index in [9.17, 15) is 13.2 Å². The summed E-state index contributed by atoms with van der Waals surface area (Å²) in [5, 5.41) is 2.89. The Hall–Kier alpha value is -2.42. The molecular formula is C22H31N3O4S. The van der Waals surface area contributed by atoms with Crippen molar-refractivity contribution in [2.24, 2.45) is 0 Å². The van der Waals surface area contributed by atoms with Crippen LogP contribution < -0.4 is 14.8 Å². The monoisotopic (exact) mass is 433 g/mol. The minimum Gasteiger partial charge on any atom is -0.496 e. The molecule has 0 heterocycles. The zero-order valence-corrected chi connectivity index (χ0v) is 19.0. The summed E-state index contributed by atoms with van der Waals surface area (Å²) in [5.41, 5.74) is 2.51. The van der Waals surface area contributed by atoms with Crippen LogP contribution in [0.1, 0.15) is 29.2 Å². The number of methoxy groups -OCH3 is 1. The molecule has 0 bridgehead atoms. The maximum Gasteiger partial charge on any atom is 0.240 e. The summed E-state index contributed by atoms with van der Waals surface area (Å²) >= 11 is 0. The number of sulfonamides is 1. The van der Waals surface area contributed by atoms with Crippen LogP contribution >= 0.6 is 0 Å². The second-order valence-electron chi connectivity index (χ2n) is 7.44. The van der Waals surface area contributed by atoms with Crippen LogP contribution in [0.25, 0.3) is 0 Å². The number of aryl methyl sites for hydroxylation is 2. The molecule has 0 spiro atoms. The van der Waals surface area contributed by atoms with Gasteiger partial charge < -0.3 is 15.0 Å². The van der Waals surface area contributed by atoms with Gasteiger partial charge in [0.15, 0.2) is 0 Å². The molecule has 2 aromatic carbocycles. The number of likely N-dealkylation sites (N-methyl/N-ethyl adjacent to an activating group) is 1. The van der Waals surface area contributed by atoms with Crippen molar-refractivity contribution in [3.63, 3.8) is 0 Å². The lowest BCUT2D eigenvalue weighted by molar-refractivity contribution is -0.121. The van der Waals surface area contributed by atoms with Crippen molar-refractivity contribution < 1.29 is 17.9 Å². The van der Waals surface area contributed by atoms with E-state index in [0.717, 1.165) is 16.9 Å². The SMILES string of the molecule is COc1ccccc1C(CNC(=O)CCNS(=O)(=O)c1cc(C)ccc1C)N(C)C. The minimum atomic E-state index is -3.66. The minimum absolute atomic E-state index is 0.0306. The topological polar surface area (TPSA) is 87.7 Å². The molecule has 0 aliphatic rings. The molecule has 8 heteroatoms. The molecule has 1 amide bonds. The third-order valence-electron chi connectivity index (χ3n) is 4.89. The Morgan fingerprint density at radius 2 is 1.83 bits per heavy atom. The van der Waals surface area contributed by atoms with Gasteiger partial charge in [-0.1, -0.05) is 30.3 Å². The van der Waals surface area contributed by atoms with Gasteiger partial charge in [-0.05, 0) is 51.2 Å². The fourth-order valence-corrected chi connectivity index (χ4v) is 4.54. The molecule has 0 saturated heterocycles. The molecule has 0 aromatic heterocycles. The molecule has 7 nitrogen and oxygen atoms in total. The Balaban J connectivity index is 1.93. The average Bonchev–Trinajstić information content (AvgIpc) is 2.69. The van der Waals surface area contributed by atoms with Gasteiger partial charge in [0.05, 0.1) is 18.0 Å². The summed E-state index contributed by atoms with van der Waals surface area (Å²) in [6.07, 6.45) is 0.0518. The summed E-state index contributed by atoms with van der Waals surface area (Å²) in [7, 11) is 1.82. The Bertz CT molecular complexity index is 974. The van der Waals surface area contributed by atoms with E-state index in [1.54, 1.807) is 26.2 Å². The fourth-order valence-electron chi connectivity index (χ4n) is 3.18. The van der Waals surface area contributed by atoms with Gasteiger partial charge in [0.2, 0.25) is 15.9 Å². The second-order valence-corrected chi connectivity index (χ2v) is 9.18. The van der Waals surface area contributed by atoms with Crippen molar-refractivity contribution in [2.45, 2.75) is 31.2 Å². The lowest BCUT2D eigenvalue weighted by atomic mass is 10.0. The lowest BCUT2D eigenvalue weighted by Crippen LogP contribution is -2.36. The molecule has 2 aromatic rings. The first-order chi connectivity index (χ1) is 14.2. The Morgan fingerprint density at radius 1 is 1.13 bits per heavy atom. The molecule has 0 aliphatic carbocycles. The van der Waals surface area contributed by atoms with Crippen molar-refractivity contribution in [3.05, 3.63) is 59.2 Å². The number of carbonyl (C=O) groups excluding carboxylic acids is 1. The number of rotatable bonds is 10. The van der Waals surface area contributed by atoms with Crippen LogP contribution in [0.15, 0.2) is 47.4 Å². The van der Waals surface area contributed by atoms with Gasteiger partial charge in [-0.2, -0.15) is 0 Å². The van der Waals surface area contributed by atoms with E-state index in [0.29, 0.717) is 12.1 Å². The highest BCUT2D eigenvalue weighted by Gasteiger charge is 2.20. The van der Waals surface area contributed by atoms with E-state index in [1.165, 1.54) is 0 Å². The highest BCUT2D eigenvalue weighted by atomic mass is 32.2. The van der Waals surface area contributed by atoms with Crippen LogP contribution in [0, 0.1) is 13.8 Å². The quantitative estimate of drug-likeness (QED) is 0.601. The second kappa shape index (κ2) is 10.6. The Morgan fingerprint density at radius 3 is 2.50 bits per heavy atom. The maximum absolute atomic E-state index is 12.5. The first-order valence-electron chi connectivity index (χ1n) is 9.78. The summed E-state index contributed by atoms with van der Waals surface area (Å²) < 4.78 is 33.0. The highest BCUT2D eigenvalue weighted by Crippen LogP contribution is 2.27. The van der Waals surface area contributed by atoms with Gasteiger partial charge >= 0.3 is 0 Å². The summed E-state index contributed by atoms with van der Waals surface area (Å²) in [6, 6.07) is 12.9. The van der Waals surface area contributed by atoms with Gasteiger partial charge in [0, 0.05) is 25.1 Å². The van der Waals surface area contributed by atoms with E-state index in [4.69, 9.17) is 4.74 Å². The van der Waals surface area contributed by atoms with Gasteiger partial charge in [-0.15, -0.1) is 0 Å².